The third-order valence-corrected chi connectivity index (χ3v) is 2.20. The first-order valence-electron chi connectivity index (χ1n) is 4.50. The fraction of sp³-hybridized carbons (Fsp3) is 0.182. The minimum absolute atomic E-state index is 0.0948. The third kappa shape index (κ3) is 1.66. The summed E-state index contributed by atoms with van der Waals surface area (Å²) in [5.41, 5.74) is 1.53. The molecule has 0 spiro atoms. The van der Waals surface area contributed by atoms with Crippen molar-refractivity contribution >= 4 is 0 Å². The Morgan fingerprint density at radius 1 is 1.40 bits per heavy atom. The lowest BCUT2D eigenvalue weighted by atomic mass is 10.1. The van der Waals surface area contributed by atoms with Crippen molar-refractivity contribution in [3.63, 3.8) is 0 Å². The zero-order chi connectivity index (χ0) is 10.8. The molecule has 0 aliphatic carbocycles. The first-order valence-corrected chi connectivity index (χ1v) is 4.50. The number of aryl methyl sites for hydroxylation is 1. The SMILES string of the molecule is COc1ccc(-c2ncoc2C)cc1O. The van der Waals surface area contributed by atoms with Crippen LogP contribution in [-0.4, -0.2) is 17.2 Å². The van der Waals surface area contributed by atoms with Crippen molar-refractivity contribution in [1.29, 1.82) is 0 Å². The average Bonchev–Trinajstić information content (AvgIpc) is 2.64. The molecule has 0 aliphatic heterocycles. The molecule has 78 valence electrons. The summed E-state index contributed by atoms with van der Waals surface area (Å²) in [6.45, 7) is 1.82. The van der Waals surface area contributed by atoms with Crippen molar-refractivity contribution in [2.75, 3.05) is 7.11 Å². The third-order valence-electron chi connectivity index (χ3n) is 2.20. The van der Waals surface area contributed by atoms with E-state index in [1.807, 2.05) is 13.0 Å². The molecule has 0 aliphatic rings. The van der Waals surface area contributed by atoms with E-state index in [-0.39, 0.29) is 5.75 Å². The molecule has 1 heterocycles. The number of phenolic OH excluding ortho intramolecular Hbond substituents is 1. The van der Waals surface area contributed by atoms with Gasteiger partial charge in [0.2, 0.25) is 0 Å². The van der Waals surface area contributed by atoms with E-state index in [1.165, 1.54) is 13.5 Å². The van der Waals surface area contributed by atoms with Crippen LogP contribution in [0.5, 0.6) is 11.5 Å². The number of phenols is 1. The van der Waals surface area contributed by atoms with E-state index < -0.39 is 0 Å². The average molecular weight is 205 g/mol. The molecule has 1 N–H and O–H groups in total. The fourth-order valence-corrected chi connectivity index (χ4v) is 1.42. The fourth-order valence-electron chi connectivity index (χ4n) is 1.42. The Hall–Kier alpha value is -1.97. The van der Waals surface area contributed by atoms with Crippen molar-refractivity contribution in [3.05, 3.63) is 30.4 Å². The monoisotopic (exact) mass is 205 g/mol. The summed E-state index contributed by atoms with van der Waals surface area (Å²) in [7, 11) is 1.51. The van der Waals surface area contributed by atoms with E-state index in [0.717, 1.165) is 17.0 Å². The highest BCUT2D eigenvalue weighted by atomic mass is 16.5. The summed E-state index contributed by atoms with van der Waals surface area (Å²) in [4.78, 5) is 4.06. The van der Waals surface area contributed by atoms with Gasteiger partial charge in [-0.2, -0.15) is 0 Å². The maximum atomic E-state index is 9.60. The first kappa shape index (κ1) is 9.58. The zero-order valence-electron chi connectivity index (χ0n) is 8.52. The number of aromatic hydroxyl groups is 1. The van der Waals surface area contributed by atoms with Crippen LogP contribution in [0.1, 0.15) is 5.76 Å². The Balaban J connectivity index is 2.47. The second kappa shape index (κ2) is 3.65. The lowest BCUT2D eigenvalue weighted by Gasteiger charge is -2.04. The highest BCUT2D eigenvalue weighted by Crippen LogP contribution is 2.31. The van der Waals surface area contributed by atoms with Gasteiger partial charge in [-0.25, -0.2) is 4.98 Å². The topological polar surface area (TPSA) is 55.5 Å². The van der Waals surface area contributed by atoms with Crippen molar-refractivity contribution in [3.8, 4) is 22.8 Å². The van der Waals surface area contributed by atoms with Gasteiger partial charge in [-0.3, -0.25) is 0 Å². The van der Waals surface area contributed by atoms with E-state index in [9.17, 15) is 5.11 Å². The minimum Gasteiger partial charge on any atom is -0.504 e. The van der Waals surface area contributed by atoms with E-state index in [1.54, 1.807) is 12.1 Å². The molecular weight excluding hydrogens is 194 g/mol. The van der Waals surface area contributed by atoms with E-state index in [0.29, 0.717) is 5.75 Å². The van der Waals surface area contributed by atoms with Crippen molar-refractivity contribution in [2.45, 2.75) is 6.92 Å². The van der Waals surface area contributed by atoms with Gasteiger partial charge in [0.25, 0.3) is 0 Å². The highest BCUT2D eigenvalue weighted by molar-refractivity contribution is 5.64. The Morgan fingerprint density at radius 3 is 2.73 bits per heavy atom. The van der Waals surface area contributed by atoms with Crippen LogP contribution in [0.3, 0.4) is 0 Å². The van der Waals surface area contributed by atoms with Crippen LogP contribution in [-0.2, 0) is 0 Å². The molecule has 4 nitrogen and oxygen atoms in total. The van der Waals surface area contributed by atoms with Gasteiger partial charge in [-0.1, -0.05) is 0 Å². The molecular formula is C11H11NO3. The standard InChI is InChI=1S/C11H11NO3/c1-7-11(12-6-15-7)8-3-4-10(14-2)9(13)5-8/h3-6,13H,1-2H3. The minimum atomic E-state index is 0.0948. The van der Waals surface area contributed by atoms with E-state index in [4.69, 9.17) is 9.15 Å². The number of benzene rings is 1. The maximum Gasteiger partial charge on any atom is 0.181 e. The van der Waals surface area contributed by atoms with Crippen molar-refractivity contribution in [1.82, 2.24) is 4.98 Å². The predicted molar refractivity (Wildman–Crippen MR) is 54.9 cm³/mol. The number of aromatic nitrogens is 1. The number of hydrogen-bond acceptors (Lipinski definition) is 4. The maximum absolute atomic E-state index is 9.60. The molecule has 2 aromatic rings. The molecule has 0 saturated carbocycles. The molecule has 1 aromatic carbocycles. The smallest absolute Gasteiger partial charge is 0.181 e. The van der Waals surface area contributed by atoms with Gasteiger partial charge in [0, 0.05) is 5.56 Å². The number of methoxy groups -OCH3 is 1. The van der Waals surface area contributed by atoms with Crippen LogP contribution >= 0.6 is 0 Å². The normalized spacial score (nSPS) is 10.3. The molecule has 0 unspecified atom stereocenters. The summed E-state index contributed by atoms with van der Waals surface area (Å²) in [5.74, 6) is 1.26. The van der Waals surface area contributed by atoms with Gasteiger partial charge in [0.05, 0.1) is 7.11 Å². The zero-order valence-corrected chi connectivity index (χ0v) is 8.52. The Morgan fingerprint density at radius 2 is 2.20 bits per heavy atom. The van der Waals surface area contributed by atoms with E-state index >= 15 is 0 Å². The van der Waals surface area contributed by atoms with Crippen molar-refractivity contribution < 1.29 is 14.3 Å². The molecule has 0 radical (unpaired) electrons. The second-order valence-corrected chi connectivity index (χ2v) is 3.14. The molecule has 0 fully saturated rings. The predicted octanol–water partition coefficient (Wildman–Crippen LogP) is 2.36. The number of nitrogens with zero attached hydrogens (tertiary/aromatic N) is 1. The molecule has 0 atom stereocenters. The van der Waals surface area contributed by atoms with Crippen LogP contribution in [0.15, 0.2) is 29.0 Å². The Bertz CT molecular complexity index is 476. The number of rotatable bonds is 2. The summed E-state index contributed by atoms with van der Waals surface area (Å²) in [6.07, 6.45) is 1.38. The number of ether oxygens (including phenoxy) is 1. The molecule has 1 aromatic heterocycles. The number of hydrogen-bond donors (Lipinski definition) is 1. The summed E-state index contributed by atoms with van der Waals surface area (Å²) >= 11 is 0. The molecule has 2 rings (SSSR count). The van der Waals surface area contributed by atoms with Crippen LogP contribution in [0.25, 0.3) is 11.3 Å². The van der Waals surface area contributed by atoms with Crippen LogP contribution in [0.4, 0.5) is 0 Å². The quantitative estimate of drug-likeness (QED) is 0.817. The Labute approximate surface area is 87.1 Å². The molecule has 15 heavy (non-hydrogen) atoms. The summed E-state index contributed by atoms with van der Waals surface area (Å²) in [6, 6.07) is 5.12. The van der Waals surface area contributed by atoms with Gasteiger partial charge in [-0.05, 0) is 25.1 Å². The van der Waals surface area contributed by atoms with Gasteiger partial charge in [0.1, 0.15) is 11.5 Å². The molecule has 4 heteroatoms. The summed E-state index contributed by atoms with van der Waals surface area (Å²) in [5, 5.41) is 9.60. The lowest BCUT2D eigenvalue weighted by Crippen LogP contribution is -1.85. The van der Waals surface area contributed by atoms with Crippen LogP contribution in [0, 0.1) is 6.92 Å². The van der Waals surface area contributed by atoms with Gasteiger partial charge in [-0.15, -0.1) is 0 Å². The van der Waals surface area contributed by atoms with Crippen LogP contribution in [0.2, 0.25) is 0 Å². The van der Waals surface area contributed by atoms with Gasteiger partial charge in [0.15, 0.2) is 17.9 Å². The lowest BCUT2D eigenvalue weighted by molar-refractivity contribution is 0.373. The molecule has 0 amide bonds. The van der Waals surface area contributed by atoms with Crippen molar-refractivity contribution in [2.24, 2.45) is 0 Å². The van der Waals surface area contributed by atoms with Gasteiger partial charge < -0.3 is 14.3 Å². The highest BCUT2D eigenvalue weighted by Gasteiger charge is 2.09. The summed E-state index contributed by atoms with van der Waals surface area (Å²) < 4.78 is 10.0. The Kier molecular flexibility index (Phi) is 2.33. The molecule has 0 saturated heterocycles. The second-order valence-electron chi connectivity index (χ2n) is 3.14. The number of oxazole rings is 1. The van der Waals surface area contributed by atoms with E-state index in [2.05, 4.69) is 4.98 Å². The largest absolute Gasteiger partial charge is 0.504 e. The molecule has 0 bridgehead atoms. The van der Waals surface area contributed by atoms with Crippen LogP contribution < -0.4 is 4.74 Å². The first-order chi connectivity index (χ1) is 7.22. The van der Waals surface area contributed by atoms with Gasteiger partial charge >= 0.3 is 0 Å².